The Balaban J connectivity index is 1.77. The molecule has 0 radical (unpaired) electrons. The van der Waals surface area contributed by atoms with E-state index in [1.54, 1.807) is 7.11 Å². The number of rotatable bonds is 9. The second-order valence-electron chi connectivity index (χ2n) is 6.50. The summed E-state index contributed by atoms with van der Waals surface area (Å²) in [6, 6.07) is 20.4. The molecular formula is C23H28N4O. The second-order valence-corrected chi connectivity index (χ2v) is 6.50. The van der Waals surface area contributed by atoms with Crippen molar-refractivity contribution in [2.24, 2.45) is 0 Å². The van der Waals surface area contributed by atoms with Crippen LogP contribution in [-0.2, 0) is 6.42 Å². The first-order valence-corrected chi connectivity index (χ1v) is 9.79. The Kier molecular flexibility index (Phi) is 6.84. The number of nitrogens with one attached hydrogen (secondary N) is 1. The van der Waals surface area contributed by atoms with Gasteiger partial charge in [-0.3, -0.25) is 0 Å². The molecule has 0 saturated carbocycles. The third-order valence-corrected chi connectivity index (χ3v) is 4.71. The Morgan fingerprint density at radius 1 is 0.929 bits per heavy atom. The minimum atomic E-state index is 0.762. The first-order chi connectivity index (χ1) is 13.7. The highest BCUT2D eigenvalue weighted by molar-refractivity contribution is 5.64. The summed E-state index contributed by atoms with van der Waals surface area (Å²) in [5, 5.41) is 3.47. The summed E-state index contributed by atoms with van der Waals surface area (Å²) in [6.07, 6.45) is 0.912. The van der Waals surface area contributed by atoms with Crippen LogP contribution in [0.25, 0.3) is 11.3 Å². The summed E-state index contributed by atoms with van der Waals surface area (Å²) in [6.45, 7) is 6.80. The molecule has 5 heteroatoms. The smallest absolute Gasteiger partial charge is 0.227 e. The molecule has 1 heterocycles. The molecule has 3 aromatic rings. The van der Waals surface area contributed by atoms with Crippen molar-refractivity contribution in [2.45, 2.75) is 20.3 Å². The third-order valence-electron chi connectivity index (χ3n) is 4.71. The van der Waals surface area contributed by atoms with Crippen LogP contribution in [0.2, 0.25) is 0 Å². The molecule has 0 amide bonds. The Bertz CT molecular complexity index is 862. The molecule has 3 rings (SSSR count). The van der Waals surface area contributed by atoms with E-state index in [0.29, 0.717) is 0 Å². The number of aromatic nitrogens is 2. The fourth-order valence-electron chi connectivity index (χ4n) is 3.06. The van der Waals surface area contributed by atoms with Gasteiger partial charge in [-0.25, -0.2) is 4.98 Å². The SMILES string of the molecule is CCN(CC)c1nc(NCCc2ccc(OC)cc2)cc(-c2ccccc2)n1. The molecule has 0 unspecified atom stereocenters. The Labute approximate surface area is 167 Å². The van der Waals surface area contributed by atoms with Gasteiger partial charge in [-0.15, -0.1) is 0 Å². The molecule has 0 spiro atoms. The van der Waals surface area contributed by atoms with Crippen molar-refractivity contribution >= 4 is 11.8 Å². The van der Waals surface area contributed by atoms with E-state index in [9.17, 15) is 0 Å². The molecule has 0 saturated heterocycles. The van der Waals surface area contributed by atoms with Crippen molar-refractivity contribution in [1.29, 1.82) is 0 Å². The van der Waals surface area contributed by atoms with Gasteiger partial charge in [0.2, 0.25) is 5.95 Å². The number of methoxy groups -OCH3 is 1. The molecule has 0 aliphatic heterocycles. The Hall–Kier alpha value is -3.08. The minimum absolute atomic E-state index is 0.762. The van der Waals surface area contributed by atoms with Crippen LogP contribution in [-0.4, -0.2) is 36.7 Å². The molecule has 146 valence electrons. The normalized spacial score (nSPS) is 10.5. The van der Waals surface area contributed by atoms with Gasteiger partial charge in [0, 0.05) is 31.3 Å². The third kappa shape index (κ3) is 5.00. The summed E-state index contributed by atoms with van der Waals surface area (Å²) in [7, 11) is 1.68. The molecule has 0 atom stereocenters. The van der Waals surface area contributed by atoms with Gasteiger partial charge in [-0.1, -0.05) is 42.5 Å². The van der Waals surface area contributed by atoms with E-state index in [2.05, 4.69) is 48.3 Å². The summed E-state index contributed by atoms with van der Waals surface area (Å²) < 4.78 is 5.22. The van der Waals surface area contributed by atoms with Gasteiger partial charge in [0.1, 0.15) is 11.6 Å². The van der Waals surface area contributed by atoms with Crippen LogP contribution in [0.15, 0.2) is 60.7 Å². The van der Waals surface area contributed by atoms with Crippen LogP contribution in [0.5, 0.6) is 5.75 Å². The zero-order chi connectivity index (χ0) is 19.8. The van der Waals surface area contributed by atoms with E-state index in [1.165, 1.54) is 5.56 Å². The highest BCUT2D eigenvalue weighted by Gasteiger charge is 2.11. The zero-order valence-electron chi connectivity index (χ0n) is 16.9. The number of nitrogens with zero attached hydrogens (tertiary/aromatic N) is 3. The van der Waals surface area contributed by atoms with E-state index in [4.69, 9.17) is 14.7 Å². The first kappa shape index (κ1) is 19.7. The lowest BCUT2D eigenvalue weighted by molar-refractivity contribution is 0.414. The lowest BCUT2D eigenvalue weighted by atomic mass is 10.1. The quantitative estimate of drug-likeness (QED) is 0.589. The van der Waals surface area contributed by atoms with Crippen LogP contribution in [0.4, 0.5) is 11.8 Å². The molecule has 1 N–H and O–H groups in total. The molecule has 28 heavy (non-hydrogen) atoms. The van der Waals surface area contributed by atoms with E-state index in [-0.39, 0.29) is 0 Å². The lowest BCUT2D eigenvalue weighted by Crippen LogP contribution is -2.24. The standard InChI is InChI=1S/C23H28N4O/c1-4-27(5-2)23-25-21(19-9-7-6-8-10-19)17-22(26-23)24-16-15-18-11-13-20(28-3)14-12-18/h6-14,17H,4-5,15-16H2,1-3H3,(H,24,25,26). The Morgan fingerprint density at radius 2 is 1.64 bits per heavy atom. The number of benzene rings is 2. The van der Waals surface area contributed by atoms with Crippen LogP contribution in [0.1, 0.15) is 19.4 Å². The van der Waals surface area contributed by atoms with Gasteiger partial charge in [0.05, 0.1) is 12.8 Å². The predicted octanol–water partition coefficient (Wildman–Crippen LogP) is 4.65. The van der Waals surface area contributed by atoms with Gasteiger partial charge in [0.15, 0.2) is 0 Å². The van der Waals surface area contributed by atoms with Gasteiger partial charge in [0.25, 0.3) is 0 Å². The molecule has 2 aromatic carbocycles. The lowest BCUT2D eigenvalue weighted by Gasteiger charge is -2.20. The van der Waals surface area contributed by atoms with Crippen molar-refractivity contribution in [1.82, 2.24) is 9.97 Å². The second kappa shape index (κ2) is 9.74. The van der Waals surface area contributed by atoms with Crippen molar-refractivity contribution in [3.8, 4) is 17.0 Å². The van der Waals surface area contributed by atoms with Gasteiger partial charge in [-0.2, -0.15) is 4.98 Å². The maximum absolute atomic E-state index is 5.22. The fourth-order valence-corrected chi connectivity index (χ4v) is 3.06. The molecule has 0 bridgehead atoms. The Morgan fingerprint density at radius 3 is 2.29 bits per heavy atom. The van der Waals surface area contributed by atoms with Crippen LogP contribution in [0.3, 0.4) is 0 Å². The van der Waals surface area contributed by atoms with Gasteiger partial charge < -0.3 is 15.0 Å². The summed E-state index contributed by atoms with van der Waals surface area (Å²) in [4.78, 5) is 11.7. The van der Waals surface area contributed by atoms with E-state index < -0.39 is 0 Å². The monoisotopic (exact) mass is 376 g/mol. The average Bonchev–Trinajstić information content (AvgIpc) is 2.76. The van der Waals surface area contributed by atoms with Crippen molar-refractivity contribution in [2.75, 3.05) is 37.0 Å². The van der Waals surface area contributed by atoms with E-state index in [0.717, 1.165) is 54.8 Å². The fraction of sp³-hybridized carbons (Fsp3) is 0.304. The largest absolute Gasteiger partial charge is 0.497 e. The number of hydrogen-bond donors (Lipinski definition) is 1. The van der Waals surface area contributed by atoms with E-state index in [1.807, 2.05) is 36.4 Å². The summed E-state index contributed by atoms with van der Waals surface area (Å²) >= 11 is 0. The number of ether oxygens (including phenoxy) is 1. The van der Waals surface area contributed by atoms with Crippen LogP contribution >= 0.6 is 0 Å². The van der Waals surface area contributed by atoms with Crippen LogP contribution in [0, 0.1) is 0 Å². The van der Waals surface area contributed by atoms with Gasteiger partial charge >= 0.3 is 0 Å². The molecule has 0 aliphatic rings. The highest BCUT2D eigenvalue weighted by atomic mass is 16.5. The maximum atomic E-state index is 5.22. The molecule has 5 nitrogen and oxygen atoms in total. The number of hydrogen-bond acceptors (Lipinski definition) is 5. The molecule has 0 fully saturated rings. The summed E-state index contributed by atoms with van der Waals surface area (Å²) in [5.41, 5.74) is 3.29. The first-order valence-electron chi connectivity index (χ1n) is 9.79. The van der Waals surface area contributed by atoms with Crippen molar-refractivity contribution in [3.05, 3.63) is 66.2 Å². The number of anilines is 2. The van der Waals surface area contributed by atoms with Gasteiger partial charge in [-0.05, 0) is 38.0 Å². The maximum Gasteiger partial charge on any atom is 0.227 e. The topological polar surface area (TPSA) is 50.3 Å². The minimum Gasteiger partial charge on any atom is -0.497 e. The molecular weight excluding hydrogens is 348 g/mol. The summed E-state index contributed by atoms with van der Waals surface area (Å²) in [5.74, 6) is 2.49. The molecule has 0 aliphatic carbocycles. The highest BCUT2D eigenvalue weighted by Crippen LogP contribution is 2.23. The van der Waals surface area contributed by atoms with Crippen molar-refractivity contribution < 1.29 is 4.74 Å². The molecule has 1 aromatic heterocycles. The predicted molar refractivity (Wildman–Crippen MR) is 116 cm³/mol. The van der Waals surface area contributed by atoms with Crippen molar-refractivity contribution in [3.63, 3.8) is 0 Å². The van der Waals surface area contributed by atoms with E-state index >= 15 is 0 Å². The average molecular weight is 377 g/mol. The van der Waals surface area contributed by atoms with Crippen LogP contribution < -0.4 is 15.0 Å². The zero-order valence-corrected chi connectivity index (χ0v) is 16.9.